The van der Waals surface area contributed by atoms with E-state index in [9.17, 15) is 18.5 Å². The van der Waals surface area contributed by atoms with E-state index in [-0.39, 0.29) is 22.3 Å². The van der Waals surface area contributed by atoms with E-state index in [0.29, 0.717) is 49.5 Å². The molecule has 164 valence electrons. The molecule has 0 saturated carbocycles. The van der Waals surface area contributed by atoms with E-state index in [4.69, 9.17) is 4.42 Å². The highest BCUT2D eigenvalue weighted by Gasteiger charge is 2.28. The molecule has 0 spiro atoms. The molecule has 1 aromatic carbocycles. The summed E-state index contributed by atoms with van der Waals surface area (Å²) in [7, 11) is -3.61. The summed E-state index contributed by atoms with van der Waals surface area (Å²) in [6, 6.07) is 15.3. The first-order chi connectivity index (χ1) is 15.5. The third kappa shape index (κ3) is 4.50. The van der Waals surface area contributed by atoms with Crippen molar-refractivity contribution in [1.82, 2.24) is 9.88 Å². The van der Waals surface area contributed by atoms with E-state index in [1.165, 1.54) is 24.5 Å². The lowest BCUT2D eigenvalue weighted by Crippen LogP contribution is -2.35. The molecule has 3 heterocycles. The van der Waals surface area contributed by atoms with Gasteiger partial charge in [0.05, 0.1) is 22.5 Å². The number of hydrogen-bond acceptors (Lipinski definition) is 7. The summed E-state index contributed by atoms with van der Waals surface area (Å²) in [4.78, 5) is 21.4. The second-order valence-electron chi connectivity index (χ2n) is 7.47. The van der Waals surface area contributed by atoms with Crippen molar-refractivity contribution in [2.45, 2.75) is 17.1 Å². The second kappa shape index (κ2) is 9.24. The van der Waals surface area contributed by atoms with Crippen LogP contribution in [0, 0.1) is 11.3 Å². The standard InChI is InChI=1S/C23H22N4O4S/c24-16-18-6-4-10-25-22(18)26-11-5-12-27(14-13-26)23(28)21-19(9-15-31-21)17-32(29,30)20-7-2-1-3-8-20/h1-4,6-10,15H,5,11-14,17H2. The maximum Gasteiger partial charge on any atom is 0.289 e. The van der Waals surface area contributed by atoms with Crippen molar-refractivity contribution in [2.75, 3.05) is 31.1 Å². The zero-order valence-corrected chi connectivity index (χ0v) is 18.2. The van der Waals surface area contributed by atoms with Crippen molar-refractivity contribution in [1.29, 1.82) is 5.26 Å². The minimum absolute atomic E-state index is 0.0495. The van der Waals surface area contributed by atoms with Gasteiger partial charge in [-0.1, -0.05) is 18.2 Å². The highest BCUT2D eigenvalue weighted by atomic mass is 32.2. The molecule has 32 heavy (non-hydrogen) atoms. The molecule has 0 bridgehead atoms. The van der Waals surface area contributed by atoms with Crippen LogP contribution in [0.1, 0.15) is 28.1 Å². The Morgan fingerprint density at radius 1 is 1.06 bits per heavy atom. The van der Waals surface area contributed by atoms with Crippen molar-refractivity contribution in [3.8, 4) is 6.07 Å². The van der Waals surface area contributed by atoms with Crippen LogP contribution >= 0.6 is 0 Å². The van der Waals surface area contributed by atoms with E-state index in [1.54, 1.807) is 41.4 Å². The Hall–Kier alpha value is -3.64. The molecule has 1 saturated heterocycles. The van der Waals surface area contributed by atoms with Crippen molar-refractivity contribution in [2.24, 2.45) is 0 Å². The number of nitriles is 1. The van der Waals surface area contributed by atoms with Crippen molar-refractivity contribution < 1.29 is 17.6 Å². The molecule has 0 unspecified atom stereocenters. The smallest absolute Gasteiger partial charge is 0.289 e. The summed E-state index contributed by atoms with van der Waals surface area (Å²) >= 11 is 0. The molecule has 8 nitrogen and oxygen atoms in total. The molecule has 1 aliphatic rings. The number of furan rings is 1. The molecular formula is C23H22N4O4S. The van der Waals surface area contributed by atoms with Crippen LogP contribution in [0.15, 0.2) is 70.3 Å². The number of pyridine rings is 1. The zero-order chi connectivity index (χ0) is 22.6. The number of amides is 1. The highest BCUT2D eigenvalue weighted by Crippen LogP contribution is 2.23. The molecule has 1 aliphatic heterocycles. The number of carbonyl (C=O) groups is 1. The second-order valence-corrected chi connectivity index (χ2v) is 9.46. The molecule has 0 aliphatic carbocycles. The monoisotopic (exact) mass is 450 g/mol. The van der Waals surface area contributed by atoms with Gasteiger partial charge >= 0.3 is 0 Å². The summed E-state index contributed by atoms with van der Waals surface area (Å²) < 4.78 is 30.9. The van der Waals surface area contributed by atoms with Crippen LogP contribution in [0.3, 0.4) is 0 Å². The minimum Gasteiger partial charge on any atom is -0.459 e. The fourth-order valence-electron chi connectivity index (χ4n) is 3.77. The van der Waals surface area contributed by atoms with Crippen LogP contribution in [-0.4, -0.2) is 50.4 Å². The van der Waals surface area contributed by atoms with Gasteiger partial charge in [-0.05, 0) is 36.8 Å². The Bertz CT molecular complexity index is 1250. The molecule has 0 radical (unpaired) electrons. The number of nitrogens with zero attached hydrogens (tertiary/aromatic N) is 4. The lowest BCUT2D eigenvalue weighted by molar-refractivity contribution is 0.0734. The van der Waals surface area contributed by atoms with Crippen LogP contribution in [0.25, 0.3) is 0 Å². The minimum atomic E-state index is -3.61. The molecule has 0 N–H and O–H groups in total. The van der Waals surface area contributed by atoms with Crippen molar-refractivity contribution >= 4 is 21.6 Å². The number of hydrogen-bond donors (Lipinski definition) is 0. The van der Waals surface area contributed by atoms with Gasteiger partial charge in [0.1, 0.15) is 11.9 Å². The van der Waals surface area contributed by atoms with Gasteiger partial charge in [0.15, 0.2) is 15.6 Å². The first-order valence-electron chi connectivity index (χ1n) is 10.2. The van der Waals surface area contributed by atoms with Crippen LogP contribution in [0.2, 0.25) is 0 Å². The largest absolute Gasteiger partial charge is 0.459 e. The average molecular weight is 451 g/mol. The van der Waals surface area contributed by atoms with Gasteiger partial charge < -0.3 is 14.2 Å². The van der Waals surface area contributed by atoms with E-state index in [0.717, 1.165) is 0 Å². The molecule has 0 atom stereocenters. The lowest BCUT2D eigenvalue weighted by Gasteiger charge is -2.23. The van der Waals surface area contributed by atoms with Gasteiger partial charge in [0, 0.05) is 37.9 Å². The Morgan fingerprint density at radius 3 is 2.66 bits per heavy atom. The zero-order valence-electron chi connectivity index (χ0n) is 17.3. The number of rotatable bonds is 5. The predicted octanol–water partition coefficient (Wildman–Crippen LogP) is 2.87. The molecule has 1 amide bonds. The Kier molecular flexibility index (Phi) is 6.23. The Labute approximate surface area is 186 Å². The van der Waals surface area contributed by atoms with Crippen LogP contribution < -0.4 is 4.90 Å². The molecule has 9 heteroatoms. The molecule has 1 fully saturated rings. The third-order valence-electron chi connectivity index (χ3n) is 5.38. The molecular weight excluding hydrogens is 428 g/mol. The van der Waals surface area contributed by atoms with Crippen molar-refractivity contribution in [3.05, 3.63) is 77.9 Å². The summed E-state index contributed by atoms with van der Waals surface area (Å²) in [5.41, 5.74) is 0.836. The fraction of sp³-hybridized carbons (Fsp3) is 0.261. The summed E-state index contributed by atoms with van der Waals surface area (Å²) in [6.07, 6.45) is 3.68. The first-order valence-corrected chi connectivity index (χ1v) is 11.9. The Balaban J connectivity index is 1.49. The fourth-order valence-corrected chi connectivity index (χ4v) is 5.14. The number of benzene rings is 1. The number of aromatic nitrogens is 1. The topological polar surface area (TPSA) is 108 Å². The maximum absolute atomic E-state index is 13.2. The third-order valence-corrected chi connectivity index (χ3v) is 7.06. The maximum atomic E-state index is 13.2. The summed E-state index contributed by atoms with van der Waals surface area (Å²) in [6.45, 7) is 2.07. The van der Waals surface area contributed by atoms with Gasteiger partial charge in [-0.3, -0.25) is 4.79 Å². The summed E-state index contributed by atoms with van der Waals surface area (Å²) in [5, 5.41) is 9.35. The molecule has 4 rings (SSSR count). The van der Waals surface area contributed by atoms with Gasteiger partial charge in [0.25, 0.3) is 5.91 Å². The SMILES string of the molecule is N#Cc1cccnc1N1CCCN(C(=O)c2occc2CS(=O)(=O)c2ccccc2)CC1. The van der Waals surface area contributed by atoms with Crippen LogP contribution in [-0.2, 0) is 15.6 Å². The van der Waals surface area contributed by atoms with Gasteiger partial charge in [-0.25, -0.2) is 13.4 Å². The normalized spacial score (nSPS) is 14.6. The number of sulfone groups is 1. The summed E-state index contributed by atoms with van der Waals surface area (Å²) in [5.74, 6) is 0.00988. The van der Waals surface area contributed by atoms with Crippen LogP contribution in [0.5, 0.6) is 0 Å². The average Bonchev–Trinajstić information content (AvgIpc) is 3.12. The van der Waals surface area contributed by atoms with E-state index in [2.05, 4.69) is 11.1 Å². The highest BCUT2D eigenvalue weighted by molar-refractivity contribution is 7.90. The number of anilines is 1. The van der Waals surface area contributed by atoms with Crippen molar-refractivity contribution in [3.63, 3.8) is 0 Å². The number of carbonyl (C=O) groups excluding carboxylic acids is 1. The quantitative estimate of drug-likeness (QED) is 0.588. The van der Waals surface area contributed by atoms with E-state index >= 15 is 0 Å². The van der Waals surface area contributed by atoms with Gasteiger partial charge in [-0.2, -0.15) is 5.26 Å². The molecule has 2 aromatic heterocycles. The van der Waals surface area contributed by atoms with Gasteiger partial charge in [0.2, 0.25) is 0 Å². The van der Waals surface area contributed by atoms with E-state index in [1.807, 2.05) is 4.90 Å². The van der Waals surface area contributed by atoms with Crippen LogP contribution in [0.4, 0.5) is 5.82 Å². The first kappa shape index (κ1) is 21.6. The van der Waals surface area contributed by atoms with Gasteiger partial charge in [-0.15, -0.1) is 0 Å². The van der Waals surface area contributed by atoms with E-state index < -0.39 is 9.84 Å². The predicted molar refractivity (Wildman–Crippen MR) is 118 cm³/mol. The Morgan fingerprint density at radius 2 is 1.88 bits per heavy atom. The lowest BCUT2D eigenvalue weighted by atomic mass is 10.2. The molecule has 3 aromatic rings.